The van der Waals surface area contributed by atoms with E-state index in [4.69, 9.17) is 11.2 Å². The number of nitrogens with zero attached hydrogens (tertiary/aromatic N) is 2. The van der Waals surface area contributed by atoms with E-state index in [9.17, 15) is 0 Å². The van der Waals surface area contributed by atoms with Crippen molar-refractivity contribution in [3.05, 3.63) is 11.8 Å². The third-order valence-corrected chi connectivity index (χ3v) is 1.14. The maximum Gasteiger partial charge on any atom is 0.248 e. The quantitative estimate of drug-likeness (QED) is 0.523. The highest BCUT2D eigenvalue weighted by Crippen LogP contribution is 2.11. The first kappa shape index (κ1) is 6.69. The number of methoxy groups -OCH3 is 1. The largest absolute Gasteiger partial charge is 0.479 e. The zero-order chi connectivity index (χ0) is 7.56. The fourth-order valence-electron chi connectivity index (χ4n) is 0.718. The number of aromatic nitrogens is 2. The second kappa shape index (κ2) is 2.44. The summed E-state index contributed by atoms with van der Waals surface area (Å²) >= 11 is 0. The van der Waals surface area contributed by atoms with Crippen molar-refractivity contribution in [1.82, 2.24) is 9.78 Å². The molecular weight excluding hydrogens is 128 g/mol. The Bertz CT molecular complexity index is 270. The lowest BCUT2D eigenvalue weighted by molar-refractivity contribution is 0.391. The van der Waals surface area contributed by atoms with Crippen molar-refractivity contribution in [1.29, 1.82) is 0 Å². The second-order valence-corrected chi connectivity index (χ2v) is 1.87. The van der Waals surface area contributed by atoms with Crippen LogP contribution < -0.4 is 4.74 Å². The SMILES string of the molecule is C#Cc1cn(C)nc1OC. The monoisotopic (exact) mass is 136 g/mol. The van der Waals surface area contributed by atoms with E-state index in [1.807, 2.05) is 0 Å². The van der Waals surface area contributed by atoms with Crippen molar-refractivity contribution in [2.45, 2.75) is 0 Å². The van der Waals surface area contributed by atoms with Gasteiger partial charge in [-0.3, -0.25) is 4.68 Å². The summed E-state index contributed by atoms with van der Waals surface area (Å²) in [5.74, 6) is 2.96. The van der Waals surface area contributed by atoms with Gasteiger partial charge in [0.1, 0.15) is 5.56 Å². The van der Waals surface area contributed by atoms with E-state index in [1.165, 1.54) is 0 Å². The van der Waals surface area contributed by atoms with Crippen LogP contribution in [-0.4, -0.2) is 16.9 Å². The van der Waals surface area contributed by atoms with Crippen LogP contribution >= 0.6 is 0 Å². The van der Waals surface area contributed by atoms with Gasteiger partial charge in [-0.25, -0.2) is 0 Å². The molecule has 10 heavy (non-hydrogen) atoms. The first-order chi connectivity index (χ1) is 4.77. The van der Waals surface area contributed by atoms with Crippen molar-refractivity contribution in [3.8, 4) is 18.2 Å². The number of rotatable bonds is 1. The smallest absolute Gasteiger partial charge is 0.248 e. The highest BCUT2D eigenvalue weighted by molar-refractivity contribution is 5.38. The van der Waals surface area contributed by atoms with Crippen molar-refractivity contribution in [2.75, 3.05) is 7.11 Å². The van der Waals surface area contributed by atoms with Gasteiger partial charge in [0.15, 0.2) is 0 Å². The summed E-state index contributed by atoms with van der Waals surface area (Å²) < 4.78 is 6.50. The molecule has 1 heterocycles. The zero-order valence-corrected chi connectivity index (χ0v) is 5.96. The minimum Gasteiger partial charge on any atom is -0.479 e. The van der Waals surface area contributed by atoms with E-state index in [-0.39, 0.29) is 0 Å². The lowest BCUT2D eigenvalue weighted by Gasteiger charge is -1.90. The second-order valence-electron chi connectivity index (χ2n) is 1.87. The first-order valence-corrected chi connectivity index (χ1v) is 2.82. The average molecular weight is 136 g/mol. The highest BCUT2D eigenvalue weighted by Gasteiger charge is 2.02. The van der Waals surface area contributed by atoms with Crippen molar-refractivity contribution < 1.29 is 4.74 Å². The average Bonchev–Trinajstić information content (AvgIpc) is 2.30. The fraction of sp³-hybridized carbons (Fsp3) is 0.286. The summed E-state index contributed by atoms with van der Waals surface area (Å²) in [5.41, 5.74) is 0.685. The molecule has 0 fully saturated rings. The van der Waals surface area contributed by atoms with Gasteiger partial charge in [-0.1, -0.05) is 5.92 Å². The molecule has 1 aromatic rings. The molecule has 0 aliphatic carbocycles. The van der Waals surface area contributed by atoms with E-state index in [0.717, 1.165) is 0 Å². The molecule has 3 nitrogen and oxygen atoms in total. The Morgan fingerprint density at radius 2 is 2.50 bits per heavy atom. The van der Waals surface area contributed by atoms with Crippen molar-refractivity contribution >= 4 is 0 Å². The Kier molecular flexibility index (Phi) is 1.63. The van der Waals surface area contributed by atoms with Gasteiger partial charge in [0, 0.05) is 13.2 Å². The normalized spacial score (nSPS) is 8.90. The zero-order valence-electron chi connectivity index (χ0n) is 5.96. The third-order valence-electron chi connectivity index (χ3n) is 1.14. The van der Waals surface area contributed by atoms with E-state index in [0.29, 0.717) is 11.4 Å². The molecule has 0 saturated carbocycles. The van der Waals surface area contributed by atoms with Gasteiger partial charge in [0.05, 0.1) is 7.11 Å². The van der Waals surface area contributed by atoms with Crippen LogP contribution in [0.25, 0.3) is 0 Å². The van der Waals surface area contributed by atoms with Crippen molar-refractivity contribution in [3.63, 3.8) is 0 Å². The molecule has 0 amide bonds. The Morgan fingerprint density at radius 3 is 2.90 bits per heavy atom. The van der Waals surface area contributed by atoms with Gasteiger partial charge < -0.3 is 4.74 Å². The first-order valence-electron chi connectivity index (χ1n) is 2.82. The number of aryl methyl sites for hydroxylation is 1. The topological polar surface area (TPSA) is 27.1 Å². The van der Waals surface area contributed by atoms with Gasteiger partial charge in [-0.05, 0) is 0 Å². The van der Waals surface area contributed by atoms with E-state index in [1.54, 1.807) is 25.0 Å². The van der Waals surface area contributed by atoms with Gasteiger partial charge in [0.2, 0.25) is 5.88 Å². The number of hydrogen-bond acceptors (Lipinski definition) is 2. The summed E-state index contributed by atoms with van der Waals surface area (Å²) in [5, 5.41) is 3.95. The molecular formula is C7H8N2O. The molecule has 0 bridgehead atoms. The Balaban J connectivity index is 3.12. The minimum atomic E-state index is 0.505. The van der Waals surface area contributed by atoms with Crippen LogP contribution in [-0.2, 0) is 7.05 Å². The van der Waals surface area contributed by atoms with Gasteiger partial charge in [-0.15, -0.1) is 11.5 Å². The summed E-state index contributed by atoms with van der Waals surface area (Å²) in [7, 11) is 3.34. The summed E-state index contributed by atoms with van der Waals surface area (Å²) in [6.45, 7) is 0. The van der Waals surface area contributed by atoms with Gasteiger partial charge in [-0.2, -0.15) is 0 Å². The Morgan fingerprint density at radius 1 is 1.80 bits per heavy atom. The number of ether oxygens (including phenoxy) is 1. The lowest BCUT2D eigenvalue weighted by atomic mass is 10.4. The molecule has 1 aromatic heterocycles. The summed E-state index contributed by atoms with van der Waals surface area (Å²) in [6.07, 6.45) is 6.89. The van der Waals surface area contributed by atoms with E-state index in [2.05, 4.69) is 11.0 Å². The van der Waals surface area contributed by atoms with Crippen LogP contribution in [0.5, 0.6) is 5.88 Å². The molecule has 3 heteroatoms. The van der Waals surface area contributed by atoms with Gasteiger partial charge in [0.25, 0.3) is 0 Å². The summed E-state index contributed by atoms with van der Waals surface area (Å²) in [4.78, 5) is 0. The molecule has 1 rings (SSSR count). The summed E-state index contributed by atoms with van der Waals surface area (Å²) in [6, 6.07) is 0. The van der Waals surface area contributed by atoms with Crippen LogP contribution in [0.4, 0.5) is 0 Å². The van der Waals surface area contributed by atoms with Crippen LogP contribution in [0.3, 0.4) is 0 Å². The van der Waals surface area contributed by atoms with Crippen LogP contribution in [0.1, 0.15) is 5.56 Å². The molecule has 0 spiro atoms. The standard InChI is InChI=1S/C7H8N2O/c1-4-6-5-9(2)8-7(6)10-3/h1,5H,2-3H3. The van der Waals surface area contributed by atoms with E-state index >= 15 is 0 Å². The maximum atomic E-state index is 5.16. The fourth-order valence-corrected chi connectivity index (χ4v) is 0.718. The molecule has 0 radical (unpaired) electrons. The van der Waals surface area contributed by atoms with Gasteiger partial charge >= 0.3 is 0 Å². The molecule has 0 N–H and O–H groups in total. The predicted molar refractivity (Wildman–Crippen MR) is 37.7 cm³/mol. The number of hydrogen-bond donors (Lipinski definition) is 0. The molecule has 0 unspecified atom stereocenters. The highest BCUT2D eigenvalue weighted by atomic mass is 16.5. The predicted octanol–water partition coefficient (Wildman–Crippen LogP) is 0.410. The molecule has 0 saturated heterocycles. The molecule has 0 atom stereocenters. The minimum absolute atomic E-state index is 0.505. The maximum absolute atomic E-state index is 5.16. The molecule has 0 aliphatic rings. The van der Waals surface area contributed by atoms with Crippen LogP contribution in [0.15, 0.2) is 6.20 Å². The van der Waals surface area contributed by atoms with Crippen molar-refractivity contribution in [2.24, 2.45) is 7.05 Å². The number of terminal acetylenes is 1. The third kappa shape index (κ3) is 0.960. The molecule has 0 aliphatic heterocycles. The lowest BCUT2D eigenvalue weighted by Crippen LogP contribution is -1.88. The van der Waals surface area contributed by atoms with Crippen LogP contribution in [0.2, 0.25) is 0 Å². The molecule has 52 valence electrons. The van der Waals surface area contributed by atoms with E-state index < -0.39 is 0 Å². The molecule has 0 aromatic carbocycles. The Labute approximate surface area is 59.6 Å². The van der Waals surface area contributed by atoms with Crippen LogP contribution in [0, 0.1) is 12.3 Å². The Hall–Kier alpha value is -1.43.